The first-order valence-corrected chi connectivity index (χ1v) is 12.1. The van der Waals surface area contributed by atoms with Crippen molar-refractivity contribution < 1.29 is 13.2 Å². The van der Waals surface area contributed by atoms with Crippen LogP contribution in [0.1, 0.15) is 18.4 Å². The number of aromatic nitrogens is 1. The molecule has 0 unspecified atom stereocenters. The van der Waals surface area contributed by atoms with Crippen LogP contribution >= 0.6 is 0 Å². The number of pyridine rings is 1. The van der Waals surface area contributed by atoms with Gasteiger partial charge in [0.15, 0.2) is 5.84 Å². The molecular weight excluding hydrogens is 414 g/mol. The monoisotopic (exact) mass is 439 g/mol. The topological polar surface area (TPSA) is 86.2 Å². The van der Waals surface area contributed by atoms with Crippen LogP contribution in [0.4, 0.5) is 5.82 Å². The fraction of sp³-hybridized carbons (Fsp3) is 0.409. The second-order valence-electron chi connectivity index (χ2n) is 8.15. The van der Waals surface area contributed by atoms with Crippen molar-refractivity contribution in [3.8, 4) is 0 Å². The summed E-state index contributed by atoms with van der Waals surface area (Å²) in [6.45, 7) is 4.24. The van der Waals surface area contributed by atoms with Crippen LogP contribution in [0, 0.1) is 5.92 Å². The number of nitrogens with zero attached hydrogens (tertiary/aromatic N) is 5. The van der Waals surface area contributed by atoms with E-state index in [1.165, 1.54) is 0 Å². The van der Waals surface area contributed by atoms with Gasteiger partial charge in [-0.2, -0.15) is 8.42 Å². The van der Waals surface area contributed by atoms with E-state index in [0.29, 0.717) is 50.4 Å². The Morgan fingerprint density at radius 1 is 0.871 bits per heavy atom. The molecule has 3 aliphatic heterocycles. The van der Waals surface area contributed by atoms with Crippen molar-refractivity contribution in [2.24, 2.45) is 10.3 Å². The molecule has 31 heavy (non-hydrogen) atoms. The second kappa shape index (κ2) is 7.96. The van der Waals surface area contributed by atoms with Crippen LogP contribution in [0.3, 0.4) is 0 Å². The third kappa shape index (κ3) is 3.78. The van der Waals surface area contributed by atoms with E-state index in [0.717, 1.165) is 18.9 Å². The predicted molar refractivity (Wildman–Crippen MR) is 117 cm³/mol. The molecule has 5 rings (SSSR count). The molecule has 2 aromatic rings. The van der Waals surface area contributed by atoms with Crippen molar-refractivity contribution in [1.29, 1.82) is 0 Å². The van der Waals surface area contributed by atoms with Crippen LogP contribution in [0.5, 0.6) is 0 Å². The Kier molecular flexibility index (Phi) is 5.13. The molecule has 0 spiro atoms. The second-order valence-corrected chi connectivity index (χ2v) is 9.72. The first kappa shape index (κ1) is 20.0. The largest absolute Gasteiger partial charge is 0.355 e. The normalized spacial score (nSPS) is 21.0. The van der Waals surface area contributed by atoms with Crippen molar-refractivity contribution >= 4 is 27.6 Å². The molecular formula is C22H25N5O3S. The molecule has 2 fully saturated rings. The fourth-order valence-electron chi connectivity index (χ4n) is 4.61. The number of amides is 1. The highest BCUT2D eigenvalue weighted by Gasteiger charge is 2.35. The van der Waals surface area contributed by atoms with Gasteiger partial charge in [-0.3, -0.25) is 4.79 Å². The van der Waals surface area contributed by atoms with Gasteiger partial charge in [-0.15, -0.1) is 4.40 Å². The number of benzene rings is 1. The molecule has 1 aromatic heterocycles. The average molecular weight is 440 g/mol. The van der Waals surface area contributed by atoms with E-state index in [2.05, 4.69) is 14.3 Å². The first-order valence-electron chi connectivity index (χ1n) is 10.7. The van der Waals surface area contributed by atoms with Crippen molar-refractivity contribution in [2.45, 2.75) is 17.7 Å². The maximum absolute atomic E-state index is 13.1. The summed E-state index contributed by atoms with van der Waals surface area (Å²) in [7, 11) is -3.62. The summed E-state index contributed by atoms with van der Waals surface area (Å²) in [6, 6.07) is 12.8. The number of likely N-dealkylation sites (tertiary alicyclic amines) is 1. The van der Waals surface area contributed by atoms with Gasteiger partial charge >= 0.3 is 0 Å². The molecule has 0 bridgehead atoms. The minimum Gasteiger partial charge on any atom is -0.355 e. The van der Waals surface area contributed by atoms with Crippen molar-refractivity contribution in [3.63, 3.8) is 0 Å². The highest BCUT2D eigenvalue weighted by molar-refractivity contribution is 7.90. The van der Waals surface area contributed by atoms with Gasteiger partial charge in [-0.25, -0.2) is 4.98 Å². The number of fused-ring (bicyclic) bond motifs is 1. The Labute approximate surface area is 182 Å². The number of anilines is 1. The van der Waals surface area contributed by atoms with Gasteiger partial charge in [0, 0.05) is 56.9 Å². The molecule has 1 aromatic carbocycles. The molecule has 2 saturated heterocycles. The zero-order valence-electron chi connectivity index (χ0n) is 17.2. The lowest BCUT2D eigenvalue weighted by molar-refractivity contribution is -0.137. The Bertz CT molecular complexity index is 1100. The summed E-state index contributed by atoms with van der Waals surface area (Å²) in [6.07, 6.45) is 3.21. The molecule has 0 saturated carbocycles. The SMILES string of the molecule is O=C(C1CCN(C2=NS(=O)(=O)c3ccccc32)CC1)N1CCN(c2ccccn2)CC1. The number of rotatable bonds is 2. The van der Waals surface area contributed by atoms with Gasteiger partial charge in [0.1, 0.15) is 10.7 Å². The molecule has 0 aliphatic carbocycles. The van der Waals surface area contributed by atoms with Crippen molar-refractivity contribution in [1.82, 2.24) is 14.8 Å². The zero-order chi connectivity index (χ0) is 21.4. The Morgan fingerprint density at radius 3 is 2.29 bits per heavy atom. The third-order valence-corrected chi connectivity index (χ3v) is 7.65. The average Bonchev–Trinajstić information content (AvgIpc) is 3.10. The zero-order valence-corrected chi connectivity index (χ0v) is 18.0. The van der Waals surface area contributed by atoms with Crippen LogP contribution < -0.4 is 4.90 Å². The van der Waals surface area contributed by atoms with E-state index in [4.69, 9.17) is 0 Å². The van der Waals surface area contributed by atoms with Crippen LogP contribution in [0.25, 0.3) is 0 Å². The molecule has 8 nitrogen and oxygen atoms in total. The molecule has 4 heterocycles. The Morgan fingerprint density at radius 2 is 1.58 bits per heavy atom. The van der Waals surface area contributed by atoms with Gasteiger partial charge in [0.2, 0.25) is 5.91 Å². The lowest BCUT2D eigenvalue weighted by Gasteiger charge is -2.39. The van der Waals surface area contributed by atoms with Crippen LogP contribution in [-0.4, -0.2) is 74.2 Å². The number of amidine groups is 1. The number of carbonyl (C=O) groups is 1. The van der Waals surface area contributed by atoms with Crippen molar-refractivity contribution in [3.05, 3.63) is 54.2 Å². The third-order valence-electron chi connectivity index (χ3n) is 6.32. The standard InChI is InChI=1S/C22H25N5O3S/c28-22(27-15-13-25(14-16-27)20-7-3-4-10-23-20)17-8-11-26(12-9-17)21-18-5-1-2-6-19(18)31(29,30)24-21/h1-7,10,17H,8-9,11-16H2. The number of piperazine rings is 1. The summed E-state index contributed by atoms with van der Waals surface area (Å²) in [5, 5.41) is 0. The van der Waals surface area contributed by atoms with Crippen LogP contribution in [0.2, 0.25) is 0 Å². The summed E-state index contributed by atoms with van der Waals surface area (Å²) >= 11 is 0. The van der Waals surface area contributed by atoms with E-state index in [9.17, 15) is 13.2 Å². The van der Waals surface area contributed by atoms with Gasteiger partial charge in [-0.05, 0) is 37.1 Å². The highest BCUT2D eigenvalue weighted by atomic mass is 32.2. The van der Waals surface area contributed by atoms with Gasteiger partial charge in [-0.1, -0.05) is 18.2 Å². The fourth-order valence-corrected chi connectivity index (χ4v) is 5.84. The minimum absolute atomic E-state index is 0.0218. The molecule has 162 valence electrons. The van der Waals surface area contributed by atoms with E-state index >= 15 is 0 Å². The van der Waals surface area contributed by atoms with Crippen LogP contribution in [0.15, 0.2) is 58.0 Å². The molecule has 3 aliphatic rings. The van der Waals surface area contributed by atoms with E-state index in [1.54, 1.807) is 24.4 Å². The quantitative estimate of drug-likeness (QED) is 0.706. The van der Waals surface area contributed by atoms with E-state index in [1.807, 2.05) is 34.1 Å². The maximum Gasteiger partial charge on any atom is 0.285 e. The number of hydrogen-bond donors (Lipinski definition) is 0. The van der Waals surface area contributed by atoms with Gasteiger partial charge in [0.25, 0.3) is 10.0 Å². The van der Waals surface area contributed by atoms with Gasteiger partial charge < -0.3 is 14.7 Å². The van der Waals surface area contributed by atoms with Gasteiger partial charge in [0.05, 0.1) is 0 Å². The first-order chi connectivity index (χ1) is 15.0. The molecule has 0 atom stereocenters. The maximum atomic E-state index is 13.1. The Hall–Kier alpha value is -2.94. The smallest absolute Gasteiger partial charge is 0.285 e. The van der Waals surface area contributed by atoms with Crippen molar-refractivity contribution in [2.75, 3.05) is 44.2 Å². The highest BCUT2D eigenvalue weighted by Crippen LogP contribution is 2.30. The molecule has 1 amide bonds. The molecule has 0 radical (unpaired) electrons. The summed E-state index contributed by atoms with van der Waals surface area (Å²) in [5.74, 6) is 1.66. The predicted octanol–water partition coefficient (Wildman–Crippen LogP) is 1.59. The number of carbonyl (C=O) groups excluding carboxylic acids is 1. The van der Waals surface area contributed by atoms with E-state index in [-0.39, 0.29) is 16.7 Å². The lowest BCUT2D eigenvalue weighted by atomic mass is 9.94. The summed E-state index contributed by atoms with van der Waals surface area (Å²) in [5.41, 5.74) is 0.665. The number of piperidine rings is 1. The van der Waals surface area contributed by atoms with E-state index < -0.39 is 10.0 Å². The minimum atomic E-state index is -3.62. The summed E-state index contributed by atoms with van der Waals surface area (Å²) in [4.78, 5) is 23.9. The van der Waals surface area contributed by atoms with Crippen LogP contribution in [-0.2, 0) is 14.8 Å². The molecule has 9 heteroatoms. The summed E-state index contributed by atoms with van der Waals surface area (Å²) < 4.78 is 28.7. The Balaban J connectivity index is 1.19. The number of hydrogen-bond acceptors (Lipinski definition) is 6. The lowest BCUT2D eigenvalue weighted by Crippen LogP contribution is -2.52. The molecule has 0 N–H and O–H groups in total. The number of sulfonamides is 1.